The van der Waals surface area contributed by atoms with E-state index in [1.165, 1.54) is 30.7 Å². The first-order chi connectivity index (χ1) is 12.5. The number of nitrogens with one attached hydrogen (secondary N) is 1. The van der Waals surface area contributed by atoms with Crippen molar-refractivity contribution in [3.05, 3.63) is 48.4 Å². The van der Waals surface area contributed by atoms with E-state index in [9.17, 15) is 13.2 Å². The zero-order valence-electron chi connectivity index (χ0n) is 14.5. The molecule has 0 unspecified atom stereocenters. The number of amides is 1. The van der Waals surface area contributed by atoms with E-state index in [4.69, 9.17) is 4.42 Å². The molecule has 1 fully saturated rings. The number of amidine groups is 1. The minimum absolute atomic E-state index is 0.0487. The third kappa shape index (κ3) is 4.32. The van der Waals surface area contributed by atoms with E-state index in [0.717, 1.165) is 25.8 Å². The van der Waals surface area contributed by atoms with Gasteiger partial charge in [-0.05, 0) is 37.1 Å². The summed E-state index contributed by atoms with van der Waals surface area (Å²) < 4.78 is 34.3. The molecule has 26 heavy (non-hydrogen) atoms. The van der Waals surface area contributed by atoms with Gasteiger partial charge >= 0.3 is 0 Å². The summed E-state index contributed by atoms with van der Waals surface area (Å²) in [7, 11) is -1.98. The molecule has 0 spiro atoms. The smallest absolute Gasteiger partial charge is 0.284 e. The Morgan fingerprint density at radius 2 is 2.08 bits per heavy atom. The number of sulfonamides is 1. The molecule has 2 heterocycles. The first-order valence-corrected chi connectivity index (χ1v) is 9.88. The molecular formula is C18H21N3O4S. The number of hydrogen-bond donors (Lipinski definition) is 1. The molecule has 7 nitrogen and oxygen atoms in total. The molecule has 1 saturated heterocycles. The van der Waals surface area contributed by atoms with Gasteiger partial charge in [-0.3, -0.25) is 4.79 Å². The summed E-state index contributed by atoms with van der Waals surface area (Å²) in [5, 5.41) is 2.66. The predicted octanol–water partition coefficient (Wildman–Crippen LogP) is 3.12. The molecule has 0 saturated carbocycles. The number of carbonyl (C=O) groups excluding carboxylic acids is 1. The van der Waals surface area contributed by atoms with Crippen molar-refractivity contribution < 1.29 is 17.6 Å². The molecule has 1 N–H and O–H groups in total. The van der Waals surface area contributed by atoms with E-state index in [0.29, 0.717) is 23.5 Å². The number of furan rings is 1. The molecule has 0 atom stereocenters. The highest BCUT2D eigenvalue weighted by Gasteiger charge is 2.19. The van der Waals surface area contributed by atoms with Gasteiger partial charge in [0.25, 0.3) is 15.9 Å². The van der Waals surface area contributed by atoms with Gasteiger partial charge in [0.15, 0.2) is 0 Å². The van der Waals surface area contributed by atoms with Crippen molar-refractivity contribution in [2.75, 3.05) is 18.9 Å². The molecule has 0 bridgehead atoms. The third-order valence-corrected chi connectivity index (χ3v) is 5.53. The quantitative estimate of drug-likeness (QED) is 0.886. The highest BCUT2D eigenvalue weighted by molar-refractivity contribution is 7.90. The van der Waals surface area contributed by atoms with Crippen molar-refractivity contribution in [2.45, 2.75) is 30.6 Å². The molecule has 1 aliphatic rings. The summed E-state index contributed by atoms with van der Waals surface area (Å²) in [6.07, 6.45) is 6.40. The standard InChI is InChI=1S/C18H21N3O4S/c1-21-10-4-2-3-8-17(21)20-26(23,24)16-7-5-6-15(12-16)19-18(22)14-9-11-25-13-14/h5-7,9,11-13H,2-4,8,10H2,1H3,(H,19,22). The van der Waals surface area contributed by atoms with Crippen LogP contribution >= 0.6 is 0 Å². The second-order valence-corrected chi connectivity index (χ2v) is 7.81. The zero-order chi connectivity index (χ0) is 18.6. The van der Waals surface area contributed by atoms with E-state index in [-0.39, 0.29) is 10.8 Å². The molecule has 138 valence electrons. The lowest BCUT2D eigenvalue weighted by atomic mass is 10.2. The highest BCUT2D eigenvalue weighted by Crippen LogP contribution is 2.20. The van der Waals surface area contributed by atoms with Gasteiger partial charge in [-0.15, -0.1) is 4.40 Å². The zero-order valence-corrected chi connectivity index (χ0v) is 15.3. The monoisotopic (exact) mass is 375 g/mol. The first-order valence-electron chi connectivity index (χ1n) is 8.44. The molecule has 1 aromatic heterocycles. The Hall–Kier alpha value is -2.61. The van der Waals surface area contributed by atoms with Crippen molar-refractivity contribution in [3.63, 3.8) is 0 Å². The molecular weight excluding hydrogens is 354 g/mol. The van der Waals surface area contributed by atoms with Crippen LogP contribution in [0.25, 0.3) is 0 Å². The van der Waals surface area contributed by atoms with Crippen LogP contribution in [0.2, 0.25) is 0 Å². The van der Waals surface area contributed by atoms with E-state index in [1.54, 1.807) is 12.1 Å². The van der Waals surface area contributed by atoms with Crippen LogP contribution in [-0.4, -0.2) is 38.7 Å². The summed E-state index contributed by atoms with van der Waals surface area (Å²) >= 11 is 0. The predicted molar refractivity (Wildman–Crippen MR) is 98.8 cm³/mol. The van der Waals surface area contributed by atoms with Crippen molar-refractivity contribution in [3.8, 4) is 0 Å². The molecule has 0 radical (unpaired) electrons. The van der Waals surface area contributed by atoms with Gasteiger partial charge in [0.05, 0.1) is 16.7 Å². The SMILES string of the molecule is CN1CCCCCC1=NS(=O)(=O)c1cccc(NC(=O)c2ccoc2)c1. The van der Waals surface area contributed by atoms with Crippen molar-refractivity contribution in [2.24, 2.45) is 4.40 Å². The lowest BCUT2D eigenvalue weighted by molar-refractivity contribution is 0.102. The maximum Gasteiger partial charge on any atom is 0.284 e. The summed E-state index contributed by atoms with van der Waals surface area (Å²) in [6.45, 7) is 0.801. The maximum absolute atomic E-state index is 12.7. The summed E-state index contributed by atoms with van der Waals surface area (Å²) in [6, 6.07) is 7.62. The van der Waals surface area contributed by atoms with Crippen molar-refractivity contribution in [1.29, 1.82) is 0 Å². The van der Waals surface area contributed by atoms with Gasteiger partial charge in [-0.2, -0.15) is 8.42 Å². The molecule has 2 aromatic rings. The van der Waals surface area contributed by atoms with Crippen LogP contribution in [-0.2, 0) is 10.0 Å². The third-order valence-electron chi connectivity index (χ3n) is 4.23. The number of hydrogen-bond acceptors (Lipinski definition) is 4. The van der Waals surface area contributed by atoms with Crippen LogP contribution in [0.15, 0.2) is 56.6 Å². The van der Waals surface area contributed by atoms with Gasteiger partial charge in [0.1, 0.15) is 12.1 Å². The van der Waals surface area contributed by atoms with E-state index in [2.05, 4.69) is 9.71 Å². The van der Waals surface area contributed by atoms with Gasteiger partial charge in [-0.25, -0.2) is 0 Å². The molecule has 3 rings (SSSR count). The molecule has 0 aliphatic carbocycles. The lowest BCUT2D eigenvalue weighted by Gasteiger charge is -2.17. The van der Waals surface area contributed by atoms with Crippen LogP contribution in [0.4, 0.5) is 5.69 Å². The normalized spacial score (nSPS) is 17.1. The average molecular weight is 375 g/mol. The maximum atomic E-state index is 12.7. The molecule has 1 aromatic carbocycles. The van der Waals surface area contributed by atoms with Crippen LogP contribution < -0.4 is 5.32 Å². The minimum atomic E-state index is -3.84. The Balaban J connectivity index is 1.83. The van der Waals surface area contributed by atoms with Crippen LogP contribution in [0.3, 0.4) is 0 Å². The number of carbonyl (C=O) groups is 1. The second-order valence-electron chi connectivity index (χ2n) is 6.21. The van der Waals surface area contributed by atoms with Gasteiger partial charge in [0, 0.05) is 25.7 Å². The Morgan fingerprint density at radius 3 is 2.85 bits per heavy atom. The lowest BCUT2D eigenvalue weighted by Crippen LogP contribution is -2.26. The van der Waals surface area contributed by atoms with Crippen LogP contribution in [0, 0.1) is 0 Å². The Kier molecular flexibility index (Phi) is 5.41. The van der Waals surface area contributed by atoms with E-state index >= 15 is 0 Å². The summed E-state index contributed by atoms with van der Waals surface area (Å²) in [5.74, 6) is 0.207. The molecule has 1 amide bonds. The Bertz CT molecular complexity index is 904. The minimum Gasteiger partial charge on any atom is -0.472 e. The second kappa shape index (κ2) is 7.74. The largest absolute Gasteiger partial charge is 0.472 e. The van der Waals surface area contributed by atoms with E-state index < -0.39 is 10.0 Å². The number of rotatable bonds is 4. The number of benzene rings is 1. The topological polar surface area (TPSA) is 92.0 Å². The van der Waals surface area contributed by atoms with Gasteiger partial charge in [-0.1, -0.05) is 12.5 Å². The Morgan fingerprint density at radius 1 is 1.23 bits per heavy atom. The average Bonchev–Trinajstić information content (AvgIpc) is 3.08. The van der Waals surface area contributed by atoms with Crippen LogP contribution in [0.1, 0.15) is 36.0 Å². The van der Waals surface area contributed by atoms with Crippen LogP contribution in [0.5, 0.6) is 0 Å². The molecule has 8 heteroatoms. The van der Waals surface area contributed by atoms with Crippen molar-refractivity contribution >= 4 is 27.5 Å². The number of nitrogens with zero attached hydrogens (tertiary/aromatic N) is 2. The summed E-state index contributed by atoms with van der Waals surface area (Å²) in [4.78, 5) is 14.0. The van der Waals surface area contributed by atoms with Gasteiger partial charge in [0.2, 0.25) is 0 Å². The van der Waals surface area contributed by atoms with E-state index in [1.807, 2.05) is 11.9 Å². The first kappa shape index (κ1) is 18.2. The fourth-order valence-corrected chi connectivity index (χ4v) is 3.91. The Labute approximate surface area is 152 Å². The fourth-order valence-electron chi connectivity index (χ4n) is 2.77. The summed E-state index contributed by atoms with van der Waals surface area (Å²) in [5.41, 5.74) is 0.741. The number of likely N-dealkylation sites (tertiary alicyclic amines) is 1. The fraction of sp³-hybridized carbons (Fsp3) is 0.333. The van der Waals surface area contributed by atoms with Crippen molar-refractivity contribution in [1.82, 2.24) is 4.90 Å². The number of anilines is 1. The highest BCUT2D eigenvalue weighted by atomic mass is 32.2. The molecule has 1 aliphatic heterocycles. The van der Waals surface area contributed by atoms with Gasteiger partial charge < -0.3 is 14.6 Å².